The van der Waals surface area contributed by atoms with E-state index in [-0.39, 0.29) is 17.9 Å². The molecule has 3 aliphatic heterocycles. The van der Waals surface area contributed by atoms with Crippen LogP contribution >= 0.6 is 11.3 Å². The van der Waals surface area contributed by atoms with Gasteiger partial charge >= 0.3 is 0 Å². The van der Waals surface area contributed by atoms with Crippen LogP contribution in [-0.4, -0.2) is 62.5 Å². The number of aromatic nitrogens is 2. The summed E-state index contributed by atoms with van der Waals surface area (Å²) in [5, 5.41) is 1.92. The predicted molar refractivity (Wildman–Crippen MR) is 82.3 cm³/mol. The molecule has 3 fully saturated rings. The van der Waals surface area contributed by atoms with E-state index in [0.717, 1.165) is 10.7 Å². The number of imidazole rings is 1. The van der Waals surface area contributed by atoms with E-state index in [1.807, 2.05) is 32.7 Å². The summed E-state index contributed by atoms with van der Waals surface area (Å²) >= 11 is 1.51. The van der Waals surface area contributed by atoms with E-state index in [9.17, 15) is 9.59 Å². The van der Waals surface area contributed by atoms with Gasteiger partial charge in [-0.05, 0) is 6.92 Å². The fourth-order valence-electron chi connectivity index (χ4n) is 4.32. The number of likely N-dealkylation sites (tertiary alicyclic amines) is 1. The molecule has 120 valence electrons. The second kappa shape index (κ2) is 4.33. The lowest BCUT2D eigenvalue weighted by Gasteiger charge is -2.31. The highest BCUT2D eigenvalue weighted by atomic mass is 32.1. The Bertz CT molecular complexity index is 843. The Morgan fingerprint density at radius 3 is 3.22 bits per heavy atom. The van der Waals surface area contributed by atoms with Crippen molar-refractivity contribution in [2.24, 2.45) is 0 Å². The summed E-state index contributed by atoms with van der Waals surface area (Å²) in [4.78, 5) is 34.3. The van der Waals surface area contributed by atoms with Crippen LogP contribution in [0.3, 0.4) is 0 Å². The Balaban J connectivity index is 1.56. The van der Waals surface area contributed by atoms with Crippen LogP contribution in [0.25, 0.3) is 4.96 Å². The Hall–Kier alpha value is -1.93. The molecule has 0 saturated carbocycles. The number of amides is 2. The molecule has 0 aliphatic carbocycles. The first-order valence-electron chi connectivity index (χ1n) is 7.79. The van der Waals surface area contributed by atoms with Crippen molar-refractivity contribution in [1.29, 1.82) is 0 Å². The SMILES string of the molecule is Cc1nc2sccn2c1C(=O)N1CC[C@@]23OCCN2C(=O)C[C@@H]13. The lowest BCUT2D eigenvalue weighted by molar-refractivity contribution is -0.136. The van der Waals surface area contributed by atoms with E-state index >= 15 is 0 Å². The second-order valence-corrected chi connectivity index (χ2v) is 7.18. The van der Waals surface area contributed by atoms with E-state index < -0.39 is 5.72 Å². The highest BCUT2D eigenvalue weighted by molar-refractivity contribution is 7.15. The van der Waals surface area contributed by atoms with Gasteiger partial charge in [0.1, 0.15) is 5.69 Å². The molecular formula is C15H16N4O3S. The van der Waals surface area contributed by atoms with E-state index in [4.69, 9.17) is 4.74 Å². The molecule has 0 bridgehead atoms. The normalized spacial score (nSPS) is 29.6. The highest BCUT2D eigenvalue weighted by Crippen LogP contribution is 2.46. The maximum atomic E-state index is 13.2. The first kappa shape index (κ1) is 13.5. The number of carbonyl (C=O) groups excluding carboxylic acids is 2. The second-order valence-electron chi connectivity index (χ2n) is 6.31. The van der Waals surface area contributed by atoms with E-state index in [1.54, 1.807) is 0 Å². The quantitative estimate of drug-likeness (QED) is 0.777. The lowest BCUT2D eigenvalue weighted by atomic mass is 10.1. The number of hydrogen-bond donors (Lipinski definition) is 0. The molecule has 23 heavy (non-hydrogen) atoms. The van der Waals surface area contributed by atoms with Gasteiger partial charge in [0.25, 0.3) is 5.91 Å². The molecular weight excluding hydrogens is 316 g/mol. The third kappa shape index (κ3) is 1.55. The standard InChI is InChI=1S/C15H16N4O3S/c1-9-12(18-5-7-23-14(18)16-9)13(21)17-3-2-15-10(17)8-11(20)19(15)4-6-22-15/h5,7,10H,2-4,6,8H2,1H3/t10-,15+/m1/s1. The van der Waals surface area contributed by atoms with Crippen LogP contribution in [0.1, 0.15) is 29.0 Å². The van der Waals surface area contributed by atoms with Crippen molar-refractivity contribution < 1.29 is 14.3 Å². The van der Waals surface area contributed by atoms with E-state index in [1.165, 1.54) is 11.3 Å². The maximum Gasteiger partial charge on any atom is 0.273 e. The minimum Gasteiger partial charge on any atom is -0.351 e. The van der Waals surface area contributed by atoms with Crippen molar-refractivity contribution in [3.8, 4) is 0 Å². The van der Waals surface area contributed by atoms with Gasteiger partial charge in [0.15, 0.2) is 10.7 Å². The van der Waals surface area contributed by atoms with Gasteiger partial charge in [-0.3, -0.25) is 14.0 Å². The van der Waals surface area contributed by atoms with Crippen LogP contribution < -0.4 is 0 Å². The van der Waals surface area contributed by atoms with Crippen LogP contribution in [0.4, 0.5) is 0 Å². The average molecular weight is 332 g/mol. The number of ether oxygens (including phenoxy) is 1. The molecule has 0 N–H and O–H groups in total. The Morgan fingerprint density at radius 2 is 2.35 bits per heavy atom. The summed E-state index contributed by atoms with van der Waals surface area (Å²) in [7, 11) is 0. The maximum absolute atomic E-state index is 13.2. The molecule has 8 heteroatoms. The zero-order valence-electron chi connectivity index (χ0n) is 12.7. The van der Waals surface area contributed by atoms with Crippen LogP contribution in [0.5, 0.6) is 0 Å². The monoisotopic (exact) mass is 332 g/mol. The average Bonchev–Trinajstić information content (AvgIpc) is 3.25. The van der Waals surface area contributed by atoms with Gasteiger partial charge in [-0.1, -0.05) is 0 Å². The molecule has 0 unspecified atom stereocenters. The molecule has 2 aromatic rings. The molecule has 3 saturated heterocycles. The minimum atomic E-state index is -0.584. The molecule has 5 heterocycles. The molecule has 1 spiro atoms. The topological polar surface area (TPSA) is 67.2 Å². The summed E-state index contributed by atoms with van der Waals surface area (Å²) in [5.41, 5.74) is 0.748. The summed E-state index contributed by atoms with van der Waals surface area (Å²) in [6.07, 6.45) is 2.92. The third-order valence-corrected chi connectivity index (χ3v) is 6.06. The van der Waals surface area contributed by atoms with Gasteiger partial charge in [0, 0.05) is 31.1 Å². The first-order valence-corrected chi connectivity index (χ1v) is 8.67. The number of rotatable bonds is 1. The molecule has 5 rings (SSSR count). The predicted octanol–water partition coefficient (Wildman–Crippen LogP) is 0.878. The molecule has 3 aliphatic rings. The third-order valence-electron chi connectivity index (χ3n) is 5.30. The van der Waals surface area contributed by atoms with Crippen LogP contribution in [-0.2, 0) is 9.53 Å². The Kier molecular flexibility index (Phi) is 2.54. The van der Waals surface area contributed by atoms with E-state index in [0.29, 0.717) is 38.2 Å². The minimum absolute atomic E-state index is 0.0552. The smallest absolute Gasteiger partial charge is 0.273 e. The zero-order chi connectivity index (χ0) is 15.8. The number of thiazole rings is 1. The number of fused-ring (bicyclic) bond motifs is 1. The van der Waals surface area contributed by atoms with Crippen LogP contribution in [0, 0.1) is 6.92 Å². The molecule has 2 amide bonds. The molecule has 2 atom stereocenters. The molecule has 0 aromatic carbocycles. The van der Waals surface area contributed by atoms with E-state index in [2.05, 4.69) is 4.98 Å². The number of nitrogens with zero attached hydrogens (tertiary/aromatic N) is 4. The highest BCUT2D eigenvalue weighted by Gasteiger charge is 2.63. The van der Waals surface area contributed by atoms with Crippen molar-refractivity contribution in [3.63, 3.8) is 0 Å². The van der Waals surface area contributed by atoms with Crippen LogP contribution in [0.2, 0.25) is 0 Å². The van der Waals surface area contributed by atoms with Gasteiger partial charge in [-0.25, -0.2) is 4.98 Å². The summed E-state index contributed by atoms with van der Waals surface area (Å²) in [6, 6.07) is -0.186. The van der Waals surface area contributed by atoms with Gasteiger partial charge < -0.3 is 14.5 Å². The zero-order valence-corrected chi connectivity index (χ0v) is 13.5. The largest absolute Gasteiger partial charge is 0.351 e. The van der Waals surface area contributed by atoms with Crippen LogP contribution in [0.15, 0.2) is 11.6 Å². The van der Waals surface area contributed by atoms with Crippen molar-refractivity contribution in [2.45, 2.75) is 31.5 Å². The summed E-state index contributed by atoms with van der Waals surface area (Å²) in [5.74, 6) is 0.0381. The van der Waals surface area contributed by atoms with Gasteiger partial charge in [0.2, 0.25) is 5.91 Å². The fraction of sp³-hybridized carbons (Fsp3) is 0.533. The molecule has 2 aromatic heterocycles. The number of carbonyl (C=O) groups is 2. The molecule has 0 radical (unpaired) electrons. The lowest BCUT2D eigenvalue weighted by Crippen LogP contribution is -2.49. The van der Waals surface area contributed by atoms with Gasteiger partial charge in [-0.15, -0.1) is 11.3 Å². The van der Waals surface area contributed by atoms with Gasteiger partial charge in [-0.2, -0.15) is 0 Å². The van der Waals surface area contributed by atoms with Crippen molar-refractivity contribution in [3.05, 3.63) is 23.0 Å². The van der Waals surface area contributed by atoms with Crippen molar-refractivity contribution in [1.82, 2.24) is 19.2 Å². The first-order chi connectivity index (χ1) is 11.1. The van der Waals surface area contributed by atoms with Crippen molar-refractivity contribution in [2.75, 3.05) is 19.7 Å². The fourth-order valence-corrected chi connectivity index (χ4v) is 5.08. The Morgan fingerprint density at radius 1 is 1.48 bits per heavy atom. The number of hydrogen-bond acceptors (Lipinski definition) is 5. The number of aryl methyl sites for hydroxylation is 1. The Labute approximate surface area is 136 Å². The van der Waals surface area contributed by atoms with Gasteiger partial charge in [0.05, 0.1) is 24.8 Å². The van der Waals surface area contributed by atoms with Crippen molar-refractivity contribution >= 4 is 28.1 Å². The summed E-state index contributed by atoms with van der Waals surface area (Å²) < 4.78 is 7.79. The summed E-state index contributed by atoms with van der Waals surface area (Å²) in [6.45, 7) is 3.67. The molecule has 7 nitrogen and oxygen atoms in total.